The van der Waals surface area contributed by atoms with Gasteiger partial charge in [0.25, 0.3) is 0 Å². The van der Waals surface area contributed by atoms with Gasteiger partial charge in [-0.15, -0.1) is 0 Å². The minimum atomic E-state index is 0.290. The topological polar surface area (TPSA) is 30.2 Å². The predicted octanol–water partition coefficient (Wildman–Crippen LogP) is 3.31. The lowest BCUT2D eigenvalue weighted by Crippen LogP contribution is -1.96. The smallest absolute Gasteiger partial charge is 0.143 e. The zero-order chi connectivity index (χ0) is 9.68. The van der Waals surface area contributed by atoms with Gasteiger partial charge in [-0.2, -0.15) is 0 Å². The highest BCUT2D eigenvalue weighted by Gasteiger charge is 2.04. The van der Waals surface area contributed by atoms with E-state index in [9.17, 15) is 4.79 Å². The van der Waals surface area contributed by atoms with Gasteiger partial charge in [-0.3, -0.25) is 4.79 Å². The van der Waals surface area contributed by atoms with Gasteiger partial charge in [0.05, 0.1) is 16.9 Å². The summed E-state index contributed by atoms with van der Waals surface area (Å²) >= 11 is 0. The molecule has 0 atom stereocenters. The Hall–Kier alpha value is -0.350. The van der Waals surface area contributed by atoms with E-state index in [2.05, 4.69) is 0 Å². The summed E-state index contributed by atoms with van der Waals surface area (Å²) in [5, 5.41) is 0. The maximum absolute atomic E-state index is 11.0. The lowest BCUT2D eigenvalue weighted by atomic mass is 10.4. The van der Waals surface area contributed by atoms with E-state index in [1.165, 1.54) is 0 Å². The van der Waals surface area contributed by atoms with Crippen molar-refractivity contribution in [2.75, 3.05) is 5.75 Å². The molecule has 0 aromatic carbocycles. The minimum absolute atomic E-state index is 0.290. The molecule has 72 valence electrons. The van der Waals surface area contributed by atoms with Crippen LogP contribution in [0.1, 0.15) is 19.1 Å². The Balaban J connectivity index is 2.28. The Kier molecular flexibility index (Phi) is 4.45. The average Bonchev–Trinajstić information content (AvgIpc) is 2.52. The zero-order valence-corrected chi connectivity index (χ0v) is 9.33. The molecule has 0 fully saturated rings. The third kappa shape index (κ3) is 3.48. The molecule has 4 heteroatoms. The zero-order valence-electron chi connectivity index (χ0n) is 7.70. The number of hydrogen-bond acceptors (Lipinski definition) is 4. The fourth-order valence-corrected chi connectivity index (χ4v) is 2.99. The lowest BCUT2D eigenvalue weighted by Gasteiger charge is -1.96. The van der Waals surface area contributed by atoms with Gasteiger partial charge < -0.3 is 4.42 Å². The van der Waals surface area contributed by atoms with E-state index in [1.807, 2.05) is 19.9 Å². The molecule has 0 unspecified atom stereocenters. The van der Waals surface area contributed by atoms with Crippen LogP contribution in [0.5, 0.6) is 0 Å². The number of aryl methyl sites for hydroxylation is 1. The van der Waals surface area contributed by atoms with Crippen molar-refractivity contribution in [2.24, 2.45) is 0 Å². The van der Waals surface area contributed by atoms with Crippen LogP contribution in [0.25, 0.3) is 0 Å². The first-order chi connectivity index (χ1) is 6.24. The van der Waals surface area contributed by atoms with Crippen molar-refractivity contribution in [3.8, 4) is 0 Å². The van der Waals surface area contributed by atoms with Crippen LogP contribution in [0.15, 0.2) is 21.6 Å². The van der Waals surface area contributed by atoms with E-state index in [1.54, 1.807) is 27.9 Å². The van der Waals surface area contributed by atoms with Crippen molar-refractivity contribution in [1.82, 2.24) is 0 Å². The molecule has 1 rings (SSSR count). The SMILES string of the molecule is CCC(=O)CSSc1ccoc1C. The number of rotatable bonds is 5. The summed E-state index contributed by atoms with van der Waals surface area (Å²) in [6.45, 7) is 3.81. The molecule has 1 aromatic heterocycles. The Labute approximate surface area is 85.9 Å². The number of carbonyl (C=O) groups excluding carboxylic acids is 1. The maximum Gasteiger partial charge on any atom is 0.143 e. The van der Waals surface area contributed by atoms with Gasteiger partial charge in [0.1, 0.15) is 11.5 Å². The monoisotopic (exact) mass is 216 g/mol. The lowest BCUT2D eigenvalue weighted by molar-refractivity contribution is -0.116. The molecule has 0 bridgehead atoms. The largest absolute Gasteiger partial charge is 0.468 e. The Bertz CT molecular complexity index is 281. The van der Waals surface area contributed by atoms with Crippen molar-refractivity contribution >= 4 is 27.4 Å². The molecule has 0 saturated heterocycles. The summed E-state index contributed by atoms with van der Waals surface area (Å²) < 4.78 is 5.13. The van der Waals surface area contributed by atoms with Crippen molar-refractivity contribution in [2.45, 2.75) is 25.2 Å². The van der Waals surface area contributed by atoms with Gasteiger partial charge in [0.2, 0.25) is 0 Å². The number of Topliss-reactive ketones (excluding diaryl/α,β-unsaturated/α-hetero) is 1. The molecular weight excluding hydrogens is 204 g/mol. The van der Waals surface area contributed by atoms with Crippen LogP contribution < -0.4 is 0 Å². The Morgan fingerprint density at radius 3 is 2.92 bits per heavy atom. The van der Waals surface area contributed by atoms with E-state index < -0.39 is 0 Å². The second-order valence-electron chi connectivity index (χ2n) is 2.58. The van der Waals surface area contributed by atoms with Crippen molar-refractivity contribution in [3.05, 3.63) is 18.1 Å². The molecule has 0 radical (unpaired) electrons. The number of hydrogen-bond donors (Lipinski definition) is 0. The van der Waals surface area contributed by atoms with Gasteiger partial charge in [0, 0.05) is 6.42 Å². The summed E-state index contributed by atoms with van der Waals surface area (Å²) in [6.07, 6.45) is 2.29. The van der Waals surface area contributed by atoms with Crippen LogP contribution in [0.2, 0.25) is 0 Å². The highest BCUT2D eigenvalue weighted by atomic mass is 33.1. The van der Waals surface area contributed by atoms with Gasteiger partial charge in [-0.25, -0.2) is 0 Å². The Morgan fingerprint density at radius 2 is 2.38 bits per heavy atom. The molecule has 1 aromatic rings. The quantitative estimate of drug-likeness (QED) is 0.706. The number of furan rings is 1. The molecular formula is C9H12O2S2. The highest BCUT2D eigenvalue weighted by Crippen LogP contribution is 2.33. The summed E-state index contributed by atoms with van der Waals surface area (Å²) in [4.78, 5) is 12.1. The number of carbonyl (C=O) groups is 1. The van der Waals surface area contributed by atoms with E-state index >= 15 is 0 Å². The van der Waals surface area contributed by atoms with Crippen molar-refractivity contribution < 1.29 is 9.21 Å². The average molecular weight is 216 g/mol. The first-order valence-corrected chi connectivity index (χ1v) is 6.41. The second-order valence-corrected chi connectivity index (χ2v) is 4.92. The minimum Gasteiger partial charge on any atom is -0.468 e. The second kappa shape index (κ2) is 5.40. The van der Waals surface area contributed by atoms with Crippen LogP contribution in [0.4, 0.5) is 0 Å². The predicted molar refractivity (Wildman–Crippen MR) is 57.1 cm³/mol. The molecule has 0 aliphatic heterocycles. The molecule has 0 amide bonds. The summed E-state index contributed by atoms with van der Waals surface area (Å²) in [7, 11) is 3.16. The van der Waals surface area contributed by atoms with Crippen LogP contribution >= 0.6 is 21.6 Å². The van der Waals surface area contributed by atoms with E-state index in [0.717, 1.165) is 10.7 Å². The Morgan fingerprint density at radius 1 is 1.62 bits per heavy atom. The summed E-state index contributed by atoms with van der Waals surface area (Å²) in [6, 6.07) is 1.92. The fourth-order valence-electron chi connectivity index (χ4n) is 0.720. The van der Waals surface area contributed by atoms with Crippen LogP contribution in [0.3, 0.4) is 0 Å². The maximum atomic E-state index is 11.0. The van der Waals surface area contributed by atoms with Crippen LogP contribution in [0, 0.1) is 6.92 Å². The molecule has 0 spiro atoms. The molecule has 0 saturated carbocycles. The molecule has 2 nitrogen and oxygen atoms in total. The standard InChI is InChI=1S/C9H12O2S2/c1-3-8(10)6-12-13-9-4-5-11-7(9)2/h4-5H,3,6H2,1-2H3. The van der Waals surface area contributed by atoms with Gasteiger partial charge in [-0.05, 0) is 13.0 Å². The van der Waals surface area contributed by atoms with Crippen molar-refractivity contribution in [1.29, 1.82) is 0 Å². The van der Waals surface area contributed by atoms with E-state index in [4.69, 9.17) is 4.42 Å². The fraction of sp³-hybridized carbons (Fsp3) is 0.444. The number of ketones is 1. The van der Waals surface area contributed by atoms with Crippen LogP contribution in [-0.4, -0.2) is 11.5 Å². The summed E-state index contributed by atoms with van der Waals surface area (Å²) in [5.74, 6) is 1.78. The highest BCUT2D eigenvalue weighted by molar-refractivity contribution is 8.76. The summed E-state index contributed by atoms with van der Waals surface area (Å²) in [5.41, 5.74) is 0. The van der Waals surface area contributed by atoms with E-state index in [-0.39, 0.29) is 0 Å². The van der Waals surface area contributed by atoms with Gasteiger partial charge in [-0.1, -0.05) is 28.5 Å². The molecule has 0 aliphatic rings. The molecule has 1 heterocycles. The molecule has 0 N–H and O–H groups in total. The first kappa shape index (κ1) is 10.7. The van der Waals surface area contributed by atoms with Gasteiger partial charge >= 0.3 is 0 Å². The van der Waals surface area contributed by atoms with Crippen molar-refractivity contribution in [3.63, 3.8) is 0 Å². The van der Waals surface area contributed by atoms with E-state index in [0.29, 0.717) is 18.0 Å². The molecule has 13 heavy (non-hydrogen) atoms. The van der Waals surface area contributed by atoms with Gasteiger partial charge in [0.15, 0.2) is 0 Å². The normalized spacial score (nSPS) is 10.3. The third-order valence-corrected chi connectivity index (χ3v) is 3.98. The first-order valence-electron chi connectivity index (χ1n) is 4.09. The third-order valence-electron chi connectivity index (χ3n) is 1.57. The molecule has 0 aliphatic carbocycles. The van der Waals surface area contributed by atoms with Crippen LogP contribution in [-0.2, 0) is 4.79 Å².